The Bertz CT molecular complexity index is 1170. The summed E-state index contributed by atoms with van der Waals surface area (Å²) in [5, 5.41) is 2.86. The van der Waals surface area contributed by atoms with Crippen molar-refractivity contribution in [2.75, 3.05) is 17.1 Å². The predicted octanol–water partition coefficient (Wildman–Crippen LogP) is 4.87. The molecule has 0 spiro atoms. The number of amides is 1. The predicted molar refractivity (Wildman–Crippen MR) is 123 cm³/mol. The van der Waals surface area contributed by atoms with Gasteiger partial charge in [-0.15, -0.1) is 0 Å². The van der Waals surface area contributed by atoms with Crippen LogP contribution in [0.2, 0.25) is 0 Å². The van der Waals surface area contributed by atoms with Gasteiger partial charge in [0.2, 0.25) is 0 Å². The number of hydrogen-bond acceptors (Lipinski definition) is 4. The van der Waals surface area contributed by atoms with Crippen molar-refractivity contribution in [3.63, 3.8) is 0 Å². The molecule has 0 fully saturated rings. The van der Waals surface area contributed by atoms with Crippen LogP contribution in [0.3, 0.4) is 0 Å². The molecule has 0 atom stereocenters. The summed E-state index contributed by atoms with van der Waals surface area (Å²) in [5.74, 6) is -0.240. The van der Waals surface area contributed by atoms with E-state index in [1.165, 1.54) is 25.3 Å². The number of carbonyl (C=O) groups excluding carboxylic acids is 1. The molecule has 0 saturated carbocycles. The van der Waals surface area contributed by atoms with E-state index in [9.17, 15) is 13.2 Å². The molecule has 0 unspecified atom stereocenters. The van der Waals surface area contributed by atoms with Crippen LogP contribution in [0.4, 0.5) is 11.4 Å². The molecule has 0 aliphatic carbocycles. The Balaban J connectivity index is 1.91. The zero-order chi connectivity index (χ0) is 22.4. The number of hydrogen-bond donors (Lipinski definition) is 2. The van der Waals surface area contributed by atoms with Gasteiger partial charge in [0.25, 0.3) is 15.9 Å². The molecule has 1 amide bonds. The third-order valence-electron chi connectivity index (χ3n) is 4.98. The smallest absolute Gasteiger partial charge is 0.265 e. The quantitative estimate of drug-likeness (QED) is 0.525. The van der Waals surface area contributed by atoms with Gasteiger partial charge in [-0.2, -0.15) is 0 Å². The molecule has 7 heteroatoms. The van der Waals surface area contributed by atoms with Gasteiger partial charge in [0.1, 0.15) is 10.6 Å². The van der Waals surface area contributed by atoms with Gasteiger partial charge in [0, 0.05) is 16.9 Å². The van der Waals surface area contributed by atoms with Gasteiger partial charge in [-0.05, 0) is 60.4 Å². The second-order valence-corrected chi connectivity index (χ2v) is 8.64. The lowest BCUT2D eigenvalue weighted by Crippen LogP contribution is -2.17. The molecule has 3 rings (SSSR count). The number of carbonyl (C=O) groups is 1. The molecule has 2 N–H and O–H groups in total. The molecule has 3 aromatic carbocycles. The van der Waals surface area contributed by atoms with E-state index < -0.39 is 15.9 Å². The maximum Gasteiger partial charge on any atom is 0.265 e. The third kappa shape index (κ3) is 5.24. The Morgan fingerprint density at radius 1 is 0.935 bits per heavy atom. The molecule has 3 aromatic rings. The number of nitrogens with one attached hydrogen (secondary N) is 2. The van der Waals surface area contributed by atoms with Crippen LogP contribution in [-0.4, -0.2) is 21.4 Å². The number of methoxy groups -OCH3 is 1. The number of benzene rings is 3. The van der Waals surface area contributed by atoms with Gasteiger partial charge >= 0.3 is 0 Å². The van der Waals surface area contributed by atoms with E-state index in [1.807, 2.05) is 50.2 Å². The highest BCUT2D eigenvalue weighted by molar-refractivity contribution is 7.92. The van der Waals surface area contributed by atoms with E-state index in [-0.39, 0.29) is 16.2 Å². The molecular weight excluding hydrogens is 412 g/mol. The van der Waals surface area contributed by atoms with Crippen LogP contribution in [0.15, 0.2) is 71.6 Å². The van der Waals surface area contributed by atoms with E-state index >= 15 is 0 Å². The maximum atomic E-state index is 13.0. The lowest BCUT2D eigenvalue weighted by molar-refractivity contribution is 0.102. The van der Waals surface area contributed by atoms with Crippen molar-refractivity contribution < 1.29 is 17.9 Å². The Morgan fingerprint density at radius 3 is 2.29 bits per heavy atom. The fourth-order valence-corrected chi connectivity index (χ4v) is 4.45. The minimum absolute atomic E-state index is 0.106. The Morgan fingerprint density at radius 2 is 1.65 bits per heavy atom. The molecular formula is C24H26N2O4S. The van der Waals surface area contributed by atoms with Crippen molar-refractivity contribution in [3.05, 3.63) is 83.4 Å². The average molecular weight is 439 g/mol. The van der Waals surface area contributed by atoms with Crippen LogP contribution < -0.4 is 14.8 Å². The van der Waals surface area contributed by atoms with Gasteiger partial charge in [-0.25, -0.2) is 8.42 Å². The van der Waals surface area contributed by atoms with Crippen molar-refractivity contribution in [3.8, 4) is 5.75 Å². The standard InChI is InChI=1S/C24H26N2O4S/c1-4-17-10-13-20(14-11-17)26-31(28,29)23-16-19(12-15-22(23)30-3)24(27)25-21-9-7-6-8-18(21)5-2/h6-16,26H,4-5H2,1-3H3,(H,25,27). The van der Waals surface area contributed by atoms with E-state index in [4.69, 9.17) is 4.74 Å². The molecule has 31 heavy (non-hydrogen) atoms. The van der Waals surface area contributed by atoms with Crippen molar-refractivity contribution in [2.45, 2.75) is 31.6 Å². The van der Waals surface area contributed by atoms with Crippen molar-refractivity contribution in [2.24, 2.45) is 0 Å². The van der Waals surface area contributed by atoms with Crippen LogP contribution in [0.1, 0.15) is 35.3 Å². The number of sulfonamides is 1. The fourth-order valence-electron chi connectivity index (χ4n) is 3.19. The summed E-state index contributed by atoms with van der Waals surface area (Å²) in [4.78, 5) is 12.7. The summed E-state index contributed by atoms with van der Waals surface area (Å²) in [7, 11) is -2.58. The molecule has 6 nitrogen and oxygen atoms in total. The first kappa shape index (κ1) is 22.4. The number of ether oxygens (including phenoxy) is 1. The second kappa shape index (κ2) is 9.66. The third-order valence-corrected chi connectivity index (χ3v) is 6.38. The van der Waals surface area contributed by atoms with E-state index in [0.29, 0.717) is 11.4 Å². The lowest BCUT2D eigenvalue weighted by atomic mass is 10.1. The molecule has 0 aromatic heterocycles. The largest absolute Gasteiger partial charge is 0.495 e. The highest BCUT2D eigenvalue weighted by atomic mass is 32.2. The minimum atomic E-state index is -3.97. The topological polar surface area (TPSA) is 84.5 Å². The molecule has 0 bridgehead atoms. The lowest BCUT2D eigenvalue weighted by Gasteiger charge is -2.14. The van der Waals surface area contributed by atoms with Crippen LogP contribution >= 0.6 is 0 Å². The first-order valence-corrected chi connectivity index (χ1v) is 11.5. The number of para-hydroxylation sites is 1. The zero-order valence-electron chi connectivity index (χ0n) is 17.8. The molecule has 0 saturated heterocycles. The molecule has 0 heterocycles. The minimum Gasteiger partial charge on any atom is -0.495 e. The van der Waals surface area contributed by atoms with Gasteiger partial charge in [-0.3, -0.25) is 9.52 Å². The van der Waals surface area contributed by atoms with E-state index in [1.54, 1.807) is 12.1 Å². The highest BCUT2D eigenvalue weighted by Gasteiger charge is 2.22. The zero-order valence-corrected chi connectivity index (χ0v) is 18.6. The monoisotopic (exact) mass is 438 g/mol. The van der Waals surface area contributed by atoms with Crippen LogP contribution in [0, 0.1) is 0 Å². The normalized spacial score (nSPS) is 11.1. The van der Waals surface area contributed by atoms with Gasteiger partial charge in [-0.1, -0.05) is 44.2 Å². The van der Waals surface area contributed by atoms with Crippen LogP contribution in [0.5, 0.6) is 5.75 Å². The first-order valence-electron chi connectivity index (χ1n) is 10.1. The second-order valence-electron chi connectivity index (χ2n) is 6.99. The Labute approximate surface area is 183 Å². The summed E-state index contributed by atoms with van der Waals surface area (Å²) in [5.41, 5.74) is 3.45. The van der Waals surface area contributed by atoms with Crippen LogP contribution in [-0.2, 0) is 22.9 Å². The van der Waals surface area contributed by atoms with E-state index in [0.717, 1.165) is 24.0 Å². The summed E-state index contributed by atoms with van der Waals surface area (Å²) in [6.07, 6.45) is 1.62. The SMILES string of the molecule is CCc1ccc(NS(=O)(=O)c2cc(C(=O)Nc3ccccc3CC)ccc2OC)cc1. The number of anilines is 2. The molecule has 0 aliphatic rings. The molecule has 162 valence electrons. The first-order chi connectivity index (χ1) is 14.9. The van der Waals surface area contributed by atoms with Crippen molar-refractivity contribution in [1.29, 1.82) is 0 Å². The Hall–Kier alpha value is -3.32. The summed E-state index contributed by atoms with van der Waals surface area (Å²) >= 11 is 0. The maximum absolute atomic E-state index is 13.0. The highest BCUT2D eigenvalue weighted by Crippen LogP contribution is 2.28. The number of rotatable bonds is 8. The summed E-state index contributed by atoms with van der Waals surface area (Å²) < 4.78 is 33.9. The number of aryl methyl sites for hydroxylation is 2. The van der Waals surface area contributed by atoms with Crippen molar-refractivity contribution >= 4 is 27.3 Å². The van der Waals surface area contributed by atoms with Crippen molar-refractivity contribution in [1.82, 2.24) is 0 Å². The molecule has 0 radical (unpaired) electrons. The van der Waals surface area contributed by atoms with Crippen LogP contribution in [0.25, 0.3) is 0 Å². The van der Waals surface area contributed by atoms with Gasteiger partial charge < -0.3 is 10.1 Å². The summed E-state index contributed by atoms with van der Waals surface area (Å²) in [6, 6.07) is 19.0. The van der Waals surface area contributed by atoms with E-state index in [2.05, 4.69) is 10.0 Å². The Kier molecular flexibility index (Phi) is 6.97. The van der Waals surface area contributed by atoms with Gasteiger partial charge in [0.15, 0.2) is 0 Å². The molecule has 0 aliphatic heterocycles. The fraction of sp³-hybridized carbons (Fsp3) is 0.208. The van der Waals surface area contributed by atoms with Gasteiger partial charge in [0.05, 0.1) is 7.11 Å². The summed E-state index contributed by atoms with van der Waals surface area (Å²) in [6.45, 7) is 4.03. The average Bonchev–Trinajstić information content (AvgIpc) is 2.79.